The summed E-state index contributed by atoms with van der Waals surface area (Å²) < 4.78 is 11.5. The number of nitriles is 1. The number of nitrogens with one attached hydrogen (secondary N) is 1. The van der Waals surface area contributed by atoms with E-state index < -0.39 is 10.8 Å². The predicted molar refractivity (Wildman–Crippen MR) is 117 cm³/mol. The number of benzene rings is 2. The molecule has 0 unspecified atom stereocenters. The first-order valence-corrected chi connectivity index (χ1v) is 10.0. The van der Waals surface area contributed by atoms with E-state index >= 15 is 0 Å². The van der Waals surface area contributed by atoms with Gasteiger partial charge in [-0.15, -0.1) is 5.10 Å². The van der Waals surface area contributed by atoms with Crippen molar-refractivity contribution in [3.8, 4) is 17.7 Å². The van der Waals surface area contributed by atoms with Crippen LogP contribution < -0.4 is 15.2 Å². The van der Waals surface area contributed by atoms with E-state index in [0.29, 0.717) is 38.2 Å². The first-order valence-electron chi connectivity index (χ1n) is 9.28. The van der Waals surface area contributed by atoms with Crippen molar-refractivity contribution in [2.45, 2.75) is 19.4 Å². The van der Waals surface area contributed by atoms with Crippen LogP contribution in [-0.4, -0.2) is 15.1 Å². The van der Waals surface area contributed by atoms with Gasteiger partial charge in [-0.1, -0.05) is 29.3 Å². The molecule has 0 amide bonds. The summed E-state index contributed by atoms with van der Waals surface area (Å²) >= 11 is 12.5. The summed E-state index contributed by atoms with van der Waals surface area (Å²) in [5.41, 5.74) is 7.96. The molecule has 4 rings (SSSR count). The second kappa shape index (κ2) is 8.42. The largest absolute Gasteiger partial charge is 0.488 e. The van der Waals surface area contributed by atoms with Crippen molar-refractivity contribution in [2.24, 2.45) is 5.73 Å². The minimum Gasteiger partial charge on any atom is -0.488 e. The third-order valence-corrected chi connectivity index (χ3v) is 5.79. The molecule has 9 nitrogen and oxygen atoms in total. The summed E-state index contributed by atoms with van der Waals surface area (Å²) in [6, 6.07) is 11.2. The molecular formula is C21H15Cl2N5O4. The zero-order valence-electron chi connectivity index (χ0n) is 16.6. The summed E-state index contributed by atoms with van der Waals surface area (Å²) in [7, 11) is 0. The third kappa shape index (κ3) is 3.70. The van der Waals surface area contributed by atoms with Gasteiger partial charge in [0, 0.05) is 44.6 Å². The second-order valence-corrected chi connectivity index (χ2v) is 7.77. The van der Waals surface area contributed by atoms with E-state index in [-0.39, 0.29) is 29.6 Å². The van der Waals surface area contributed by atoms with Crippen LogP contribution in [0.1, 0.15) is 28.3 Å². The van der Waals surface area contributed by atoms with Crippen LogP contribution in [0.15, 0.2) is 47.9 Å². The number of non-ortho nitro benzene ring substituents is 1. The van der Waals surface area contributed by atoms with Crippen LogP contribution in [0.3, 0.4) is 0 Å². The number of fused-ring (bicyclic) bond motifs is 1. The van der Waals surface area contributed by atoms with Gasteiger partial charge in [-0.25, -0.2) is 0 Å². The van der Waals surface area contributed by atoms with Crippen molar-refractivity contribution in [3.05, 3.63) is 90.4 Å². The monoisotopic (exact) mass is 471 g/mol. The lowest BCUT2D eigenvalue weighted by atomic mass is 9.83. The van der Waals surface area contributed by atoms with Gasteiger partial charge >= 0.3 is 0 Å². The van der Waals surface area contributed by atoms with Crippen LogP contribution in [0.2, 0.25) is 10.0 Å². The number of allylic oxidation sites excluding steroid dienone is 1. The molecule has 2 aromatic carbocycles. The Hall–Kier alpha value is -3.74. The lowest BCUT2D eigenvalue weighted by molar-refractivity contribution is -0.384. The van der Waals surface area contributed by atoms with Gasteiger partial charge in [0.25, 0.3) is 5.69 Å². The highest BCUT2D eigenvalue weighted by Crippen LogP contribution is 2.46. The number of nitro benzene ring substituents is 1. The molecule has 1 aliphatic heterocycles. The van der Waals surface area contributed by atoms with Crippen molar-refractivity contribution in [1.29, 1.82) is 5.26 Å². The number of aromatic nitrogens is 2. The van der Waals surface area contributed by atoms with Crippen molar-refractivity contribution < 1.29 is 14.4 Å². The maximum Gasteiger partial charge on any atom is 0.270 e. The number of hydrogen-bond acceptors (Lipinski definition) is 7. The third-order valence-electron chi connectivity index (χ3n) is 5.08. The van der Waals surface area contributed by atoms with E-state index in [9.17, 15) is 15.4 Å². The van der Waals surface area contributed by atoms with Gasteiger partial charge in [-0.05, 0) is 25.1 Å². The summed E-state index contributed by atoms with van der Waals surface area (Å²) in [5, 5.41) is 29.0. The van der Waals surface area contributed by atoms with Crippen molar-refractivity contribution in [2.75, 3.05) is 0 Å². The van der Waals surface area contributed by atoms with Crippen LogP contribution in [0.5, 0.6) is 11.6 Å². The SMILES string of the molecule is Cc1[nH]nc2c1[C@H](c1cc([N+](=O)[O-])ccc1OCc1c(Cl)cccc1Cl)C(C#N)=C(N)O2. The van der Waals surface area contributed by atoms with Crippen molar-refractivity contribution in [3.63, 3.8) is 0 Å². The summed E-state index contributed by atoms with van der Waals surface area (Å²) in [6.45, 7) is 1.75. The Kier molecular flexibility index (Phi) is 5.65. The standard InChI is InChI=1S/C21H15Cl2N5O4/c1-10-18-19(13(8-24)20(25)32-21(18)27-26-10)12-7-11(28(29)30)5-6-17(12)31-9-14-15(22)3-2-4-16(14)23/h2-7,19H,9,25H2,1H3,(H,26,27)/t19-/m1/s1. The van der Waals surface area contributed by atoms with Crippen LogP contribution >= 0.6 is 23.2 Å². The highest BCUT2D eigenvalue weighted by Gasteiger charge is 2.36. The van der Waals surface area contributed by atoms with E-state index in [1.807, 2.05) is 6.07 Å². The molecule has 162 valence electrons. The molecule has 0 radical (unpaired) electrons. The highest BCUT2D eigenvalue weighted by molar-refractivity contribution is 6.35. The van der Waals surface area contributed by atoms with Crippen LogP contribution in [0.4, 0.5) is 5.69 Å². The zero-order chi connectivity index (χ0) is 23.0. The summed E-state index contributed by atoms with van der Waals surface area (Å²) in [4.78, 5) is 11.0. The maximum atomic E-state index is 11.5. The number of hydrogen-bond donors (Lipinski definition) is 2. The first kappa shape index (κ1) is 21.5. The van der Waals surface area contributed by atoms with Crippen molar-refractivity contribution >= 4 is 28.9 Å². The van der Waals surface area contributed by atoms with Gasteiger partial charge < -0.3 is 15.2 Å². The van der Waals surface area contributed by atoms with E-state index in [1.54, 1.807) is 25.1 Å². The molecule has 3 aromatic rings. The van der Waals surface area contributed by atoms with Gasteiger partial charge in [-0.2, -0.15) is 5.26 Å². The van der Waals surface area contributed by atoms with Gasteiger partial charge in [0.1, 0.15) is 24.0 Å². The molecule has 1 aliphatic rings. The molecule has 0 saturated heterocycles. The number of rotatable bonds is 5. The molecule has 3 N–H and O–H groups in total. The number of nitrogens with zero attached hydrogens (tertiary/aromatic N) is 3. The molecule has 0 fully saturated rings. The molecule has 0 aliphatic carbocycles. The van der Waals surface area contributed by atoms with Gasteiger partial charge in [0.05, 0.1) is 10.8 Å². The molecule has 32 heavy (non-hydrogen) atoms. The second-order valence-electron chi connectivity index (χ2n) is 6.96. The van der Waals surface area contributed by atoms with E-state index in [1.165, 1.54) is 18.2 Å². The highest BCUT2D eigenvalue weighted by atomic mass is 35.5. The van der Waals surface area contributed by atoms with Crippen LogP contribution in [0, 0.1) is 28.4 Å². The summed E-state index contributed by atoms with van der Waals surface area (Å²) in [5.74, 6) is -0.441. The zero-order valence-corrected chi connectivity index (χ0v) is 18.1. The Morgan fingerprint density at radius 2 is 2.06 bits per heavy atom. The Labute approximate surface area is 192 Å². The van der Waals surface area contributed by atoms with Crippen LogP contribution in [-0.2, 0) is 6.61 Å². The Morgan fingerprint density at radius 1 is 1.34 bits per heavy atom. The molecule has 11 heteroatoms. The quantitative estimate of drug-likeness (QED) is 0.404. The Morgan fingerprint density at radius 3 is 2.72 bits per heavy atom. The Bertz CT molecular complexity index is 1290. The first-order chi connectivity index (χ1) is 15.3. The average Bonchev–Trinajstić information content (AvgIpc) is 3.12. The number of aromatic amines is 1. The predicted octanol–water partition coefficient (Wildman–Crippen LogP) is 4.73. The molecule has 2 heterocycles. The normalized spacial score (nSPS) is 15.0. The molecule has 1 aromatic heterocycles. The minimum atomic E-state index is -0.792. The molecular weight excluding hydrogens is 457 g/mol. The fourth-order valence-corrected chi connectivity index (χ4v) is 4.04. The Balaban J connectivity index is 1.86. The summed E-state index contributed by atoms with van der Waals surface area (Å²) in [6.07, 6.45) is 0. The molecule has 0 saturated carbocycles. The van der Waals surface area contributed by atoms with Gasteiger partial charge in [-0.3, -0.25) is 15.2 Å². The number of ether oxygens (including phenoxy) is 2. The average molecular weight is 472 g/mol. The lowest BCUT2D eigenvalue weighted by Crippen LogP contribution is -2.21. The van der Waals surface area contributed by atoms with E-state index in [2.05, 4.69) is 10.2 Å². The number of halogens is 2. The number of H-pyrrole nitrogens is 1. The molecule has 1 atom stereocenters. The lowest BCUT2D eigenvalue weighted by Gasteiger charge is -2.25. The fourth-order valence-electron chi connectivity index (χ4n) is 3.54. The molecule has 0 bridgehead atoms. The smallest absolute Gasteiger partial charge is 0.270 e. The topological polar surface area (TPSA) is 140 Å². The number of aryl methyl sites for hydroxylation is 1. The fraction of sp³-hybridized carbons (Fsp3) is 0.143. The van der Waals surface area contributed by atoms with Gasteiger partial charge in [0.2, 0.25) is 11.8 Å². The van der Waals surface area contributed by atoms with E-state index in [0.717, 1.165) is 0 Å². The van der Waals surface area contributed by atoms with E-state index in [4.69, 9.17) is 38.4 Å². The molecule has 0 spiro atoms. The van der Waals surface area contributed by atoms with Gasteiger partial charge in [0.15, 0.2) is 0 Å². The number of nitrogens with two attached hydrogens (primary N) is 1. The number of nitro groups is 1. The minimum absolute atomic E-state index is 0.00481. The maximum absolute atomic E-state index is 11.5. The van der Waals surface area contributed by atoms with Crippen molar-refractivity contribution in [1.82, 2.24) is 10.2 Å². The van der Waals surface area contributed by atoms with Crippen LogP contribution in [0.25, 0.3) is 0 Å².